The second-order valence-electron chi connectivity index (χ2n) is 5.54. The first-order valence-corrected chi connectivity index (χ1v) is 9.14. The van der Waals surface area contributed by atoms with Crippen molar-refractivity contribution >= 4 is 45.1 Å². The summed E-state index contributed by atoms with van der Waals surface area (Å²) in [5.41, 5.74) is 3.73. The number of carboxylic acids is 1. The third-order valence-electron chi connectivity index (χ3n) is 3.86. The van der Waals surface area contributed by atoms with E-state index in [1.165, 1.54) is 0 Å². The summed E-state index contributed by atoms with van der Waals surface area (Å²) in [6, 6.07) is 17.3. The molecule has 1 aromatic heterocycles. The average molecular weight is 439 g/mol. The van der Waals surface area contributed by atoms with Gasteiger partial charge in [0.25, 0.3) is 0 Å². The quantitative estimate of drug-likeness (QED) is 0.512. The highest BCUT2D eigenvalue weighted by molar-refractivity contribution is 9.10. The maximum atomic E-state index is 11.0. The molecule has 0 amide bonds. The van der Waals surface area contributed by atoms with Gasteiger partial charge in [-0.2, -0.15) is 0 Å². The molecule has 0 aliphatic rings. The van der Waals surface area contributed by atoms with E-state index in [1.807, 2.05) is 47.0 Å². The third-order valence-corrected chi connectivity index (χ3v) is 5.13. The van der Waals surface area contributed by atoms with Crippen molar-refractivity contribution in [1.29, 1.82) is 0 Å². The Morgan fingerprint density at radius 2 is 1.72 bits per heavy atom. The van der Waals surface area contributed by atoms with Crippen LogP contribution < -0.4 is 0 Å². The molecule has 0 saturated carbocycles. The van der Waals surface area contributed by atoms with Crippen LogP contribution in [-0.2, 0) is 11.2 Å². The highest BCUT2D eigenvalue weighted by Crippen LogP contribution is 2.31. The summed E-state index contributed by atoms with van der Waals surface area (Å²) in [7, 11) is 0. The minimum atomic E-state index is -0.827. The summed E-state index contributed by atoms with van der Waals surface area (Å²) in [5, 5.41) is 9.96. The standard InChI is InChI=1S/C19H14BrCl2NO2/c20-13-3-1-12(2-4-13)18-9-6-14(7-10-19(24)25)23(18)15-5-8-16(21)17(22)11-15/h1-6,8-9,11H,7,10H2,(H,24,25). The minimum Gasteiger partial charge on any atom is -0.481 e. The number of benzene rings is 2. The number of nitrogens with zero attached hydrogens (tertiary/aromatic N) is 1. The van der Waals surface area contributed by atoms with E-state index in [-0.39, 0.29) is 6.42 Å². The highest BCUT2D eigenvalue weighted by atomic mass is 79.9. The van der Waals surface area contributed by atoms with Crippen LogP contribution in [0.2, 0.25) is 10.0 Å². The number of carboxylic acid groups (broad SMARTS) is 1. The number of aryl methyl sites for hydroxylation is 1. The fourth-order valence-electron chi connectivity index (χ4n) is 2.68. The van der Waals surface area contributed by atoms with Crippen molar-refractivity contribution in [2.24, 2.45) is 0 Å². The molecule has 0 unspecified atom stereocenters. The molecule has 3 nitrogen and oxygen atoms in total. The second kappa shape index (κ2) is 7.65. The maximum absolute atomic E-state index is 11.0. The Morgan fingerprint density at radius 3 is 2.36 bits per heavy atom. The molecule has 0 spiro atoms. The first kappa shape index (κ1) is 18.1. The van der Waals surface area contributed by atoms with Crippen molar-refractivity contribution in [2.45, 2.75) is 12.8 Å². The Kier molecular flexibility index (Phi) is 5.52. The zero-order valence-electron chi connectivity index (χ0n) is 13.0. The molecule has 0 saturated heterocycles. The van der Waals surface area contributed by atoms with Gasteiger partial charge in [0, 0.05) is 15.9 Å². The fourth-order valence-corrected chi connectivity index (χ4v) is 3.24. The third kappa shape index (κ3) is 4.09. The molecule has 1 heterocycles. The molecular formula is C19H14BrCl2NO2. The van der Waals surface area contributed by atoms with Gasteiger partial charge in [-0.05, 0) is 54.4 Å². The first-order chi connectivity index (χ1) is 12.0. The molecule has 2 aromatic carbocycles. The van der Waals surface area contributed by atoms with Gasteiger partial charge in [-0.15, -0.1) is 0 Å². The molecule has 25 heavy (non-hydrogen) atoms. The predicted molar refractivity (Wildman–Crippen MR) is 105 cm³/mol. The Bertz CT molecular complexity index is 920. The van der Waals surface area contributed by atoms with E-state index >= 15 is 0 Å². The molecule has 1 N–H and O–H groups in total. The van der Waals surface area contributed by atoms with E-state index in [0.717, 1.165) is 27.1 Å². The van der Waals surface area contributed by atoms with Crippen molar-refractivity contribution in [3.8, 4) is 16.9 Å². The van der Waals surface area contributed by atoms with Gasteiger partial charge in [0.05, 0.1) is 22.2 Å². The van der Waals surface area contributed by atoms with Crippen molar-refractivity contribution in [3.05, 3.63) is 74.8 Å². The fraction of sp³-hybridized carbons (Fsp3) is 0.105. The van der Waals surface area contributed by atoms with Gasteiger partial charge >= 0.3 is 5.97 Å². The monoisotopic (exact) mass is 437 g/mol. The first-order valence-electron chi connectivity index (χ1n) is 7.59. The van der Waals surface area contributed by atoms with E-state index in [9.17, 15) is 4.79 Å². The van der Waals surface area contributed by atoms with Crippen LogP contribution >= 0.6 is 39.1 Å². The van der Waals surface area contributed by atoms with E-state index in [0.29, 0.717) is 16.5 Å². The van der Waals surface area contributed by atoms with Crippen LogP contribution in [0.4, 0.5) is 0 Å². The number of halogens is 3. The van der Waals surface area contributed by atoms with E-state index in [4.69, 9.17) is 28.3 Å². The van der Waals surface area contributed by atoms with Crippen LogP contribution in [-0.4, -0.2) is 15.6 Å². The molecule has 3 rings (SSSR count). The molecule has 0 fully saturated rings. The lowest BCUT2D eigenvalue weighted by molar-refractivity contribution is -0.136. The summed E-state index contributed by atoms with van der Waals surface area (Å²) in [5.74, 6) is -0.827. The molecule has 0 aliphatic heterocycles. The van der Waals surface area contributed by atoms with Crippen LogP contribution in [0.1, 0.15) is 12.1 Å². The van der Waals surface area contributed by atoms with E-state index in [2.05, 4.69) is 15.9 Å². The van der Waals surface area contributed by atoms with Gasteiger partial charge in [0.15, 0.2) is 0 Å². The summed E-state index contributed by atoms with van der Waals surface area (Å²) in [6.07, 6.45) is 0.483. The van der Waals surface area contributed by atoms with Crippen molar-refractivity contribution in [3.63, 3.8) is 0 Å². The lowest BCUT2D eigenvalue weighted by Gasteiger charge is -2.15. The van der Waals surface area contributed by atoms with Gasteiger partial charge in [0.2, 0.25) is 0 Å². The molecule has 0 aliphatic carbocycles. The van der Waals surface area contributed by atoms with Crippen LogP contribution in [0.15, 0.2) is 59.1 Å². The van der Waals surface area contributed by atoms with Crippen molar-refractivity contribution < 1.29 is 9.90 Å². The van der Waals surface area contributed by atoms with Crippen molar-refractivity contribution in [2.75, 3.05) is 0 Å². The number of aliphatic carboxylic acids is 1. The largest absolute Gasteiger partial charge is 0.481 e. The topological polar surface area (TPSA) is 42.2 Å². The lowest BCUT2D eigenvalue weighted by atomic mass is 10.1. The number of carbonyl (C=O) groups is 1. The van der Waals surface area contributed by atoms with E-state index < -0.39 is 5.97 Å². The summed E-state index contributed by atoms with van der Waals surface area (Å²) >= 11 is 15.7. The molecule has 3 aromatic rings. The molecule has 128 valence electrons. The van der Waals surface area contributed by atoms with Gasteiger partial charge in [-0.25, -0.2) is 0 Å². The summed E-state index contributed by atoms with van der Waals surface area (Å²) in [6.45, 7) is 0. The van der Waals surface area contributed by atoms with Gasteiger partial charge < -0.3 is 9.67 Å². The van der Waals surface area contributed by atoms with Crippen LogP contribution in [0.3, 0.4) is 0 Å². The normalized spacial score (nSPS) is 10.8. The van der Waals surface area contributed by atoms with E-state index in [1.54, 1.807) is 12.1 Å². The lowest BCUT2D eigenvalue weighted by Crippen LogP contribution is -2.05. The zero-order chi connectivity index (χ0) is 18.0. The number of hydrogen-bond acceptors (Lipinski definition) is 1. The van der Waals surface area contributed by atoms with Gasteiger partial charge in [0.1, 0.15) is 0 Å². The van der Waals surface area contributed by atoms with Crippen LogP contribution in [0, 0.1) is 0 Å². The highest BCUT2D eigenvalue weighted by Gasteiger charge is 2.14. The second-order valence-corrected chi connectivity index (χ2v) is 7.27. The Balaban J connectivity index is 2.13. The summed E-state index contributed by atoms with van der Waals surface area (Å²) < 4.78 is 3.02. The van der Waals surface area contributed by atoms with Gasteiger partial charge in [-0.1, -0.05) is 51.3 Å². The molecular weight excluding hydrogens is 425 g/mol. The number of rotatable bonds is 5. The zero-order valence-corrected chi connectivity index (χ0v) is 16.1. The average Bonchev–Trinajstić information content (AvgIpc) is 3.00. The molecule has 0 bridgehead atoms. The maximum Gasteiger partial charge on any atom is 0.303 e. The molecule has 0 atom stereocenters. The Labute approximate surface area is 163 Å². The number of hydrogen-bond donors (Lipinski definition) is 1. The van der Waals surface area contributed by atoms with Gasteiger partial charge in [-0.3, -0.25) is 4.79 Å². The van der Waals surface area contributed by atoms with Crippen LogP contribution in [0.25, 0.3) is 16.9 Å². The smallest absolute Gasteiger partial charge is 0.303 e. The predicted octanol–water partition coefficient (Wildman–Crippen LogP) is 6.23. The Morgan fingerprint density at radius 1 is 1.00 bits per heavy atom. The summed E-state index contributed by atoms with van der Waals surface area (Å²) in [4.78, 5) is 11.0. The number of aromatic nitrogens is 1. The van der Waals surface area contributed by atoms with Crippen molar-refractivity contribution in [1.82, 2.24) is 4.57 Å². The van der Waals surface area contributed by atoms with Crippen LogP contribution in [0.5, 0.6) is 0 Å². The molecule has 6 heteroatoms. The molecule has 0 radical (unpaired) electrons. The minimum absolute atomic E-state index is 0.0606. The Hall–Kier alpha value is -1.75. The SMILES string of the molecule is O=C(O)CCc1ccc(-c2ccc(Br)cc2)n1-c1ccc(Cl)c(Cl)c1.